The zero-order chi connectivity index (χ0) is 16.2. The quantitative estimate of drug-likeness (QED) is 0.641. The van der Waals surface area contributed by atoms with Crippen LogP contribution in [-0.4, -0.2) is 30.2 Å². The van der Waals surface area contributed by atoms with Gasteiger partial charge in [-0.1, -0.05) is 6.07 Å². The maximum absolute atomic E-state index is 12.7. The topological polar surface area (TPSA) is 58.4 Å². The van der Waals surface area contributed by atoms with E-state index in [1.165, 1.54) is 18.2 Å². The van der Waals surface area contributed by atoms with Crippen molar-refractivity contribution in [1.82, 2.24) is 0 Å². The normalized spacial score (nSPS) is 11.6. The van der Waals surface area contributed by atoms with E-state index in [4.69, 9.17) is 0 Å². The number of anilines is 2. The molecule has 0 bridgehead atoms. The number of rotatable bonds is 6. The van der Waals surface area contributed by atoms with Crippen molar-refractivity contribution >= 4 is 17.1 Å². The average molecular weight is 305 g/mol. The van der Waals surface area contributed by atoms with Crippen LogP contribution < -0.4 is 10.2 Å². The van der Waals surface area contributed by atoms with Crippen LogP contribution in [0.5, 0.6) is 0 Å². The van der Waals surface area contributed by atoms with Crippen LogP contribution in [0.1, 0.15) is 20.8 Å². The standard InChI is InChI=1S/C13H18F3N3O2/c1-4-17-10-6-5-7-11(12(10)19(20)21)18(9(2)3)8-13(14,15)16/h5-7,9,17H,4,8H2,1-3H3. The molecule has 0 atom stereocenters. The third-order valence-corrected chi connectivity index (χ3v) is 2.85. The minimum atomic E-state index is -4.44. The summed E-state index contributed by atoms with van der Waals surface area (Å²) >= 11 is 0. The molecule has 8 heteroatoms. The second-order valence-electron chi connectivity index (χ2n) is 4.80. The number of hydrogen-bond acceptors (Lipinski definition) is 4. The molecule has 5 nitrogen and oxygen atoms in total. The molecule has 0 aliphatic rings. The van der Waals surface area contributed by atoms with Crippen molar-refractivity contribution in [2.45, 2.75) is 33.0 Å². The first-order valence-electron chi connectivity index (χ1n) is 6.52. The highest BCUT2D eigenvalue weighted by Crippen LogP contribution is 2.37. The Balaban J connectivity index is 3.37. The van der Waals surface area contributed by atoms with E-state index in [1.807, 2.05) is 0 Å². The summed E-state index contributed by atoms with van der Waals surface area (Å²) in [7, 11) is 0. The predicted octanol–water partition coefficient (Wildman–Crippen LogP) is 3.80. The maximum atomic E-state index is 12.7. The predicted molar refractivity (Wildman–Crippen MR) is 75.8 cm³/mol. The lowest BCUT2D eigenvalue weighted by Gasteiger charge is -2.29. The molecule has 0 saturated carbocycles. The molecule has 0 heterocycles. The number of nitrogens with zero attached hydrogens (tertiary/aromatic N) is 2. The summed E-state index contributed by atoms with van der Waals surface area (Å²) in [4.78, 5) is 11.6. The summed E-state index contributed by atoms with van der Waals surface area (Å²) in [6, 6.07) is 3.80. The van der Waals surface area contributed by atoms with Crippen LogP contribution in [0.4, 0.5) is 30.2 Å². The van der Waals surface area contributed by atoms with Crippen LogP contribution in [0.3, 0.4) is 0 Å². The highest BCUT2D eigenvalue weighted by Gasteiger charge is 2.35. The smallest absolute Gasteiger partial charge is 0.380 e. The number of nitrogens with one attached hydrogen (secondary N) is 1. The van der Waals surface area contributed by atoms with Crippen molar-refractivity contribution < 1.29 is 18.1 Å². The number of nitro benzene ring substituents is 1. The zero-order valence-corrected chi connectivity index (χ0v) is 12.1. The second kappa shape index (κ2) is 6.64. The first kappa shape index (κ1) is 17.1. The van der Waals surface area contributed by atoms with Crippen molar-refractivity contribution in [2.24, 2.45) is 0 Å². The van der Waals surface area contributed by atoms with Crippen molar-refractivity contribution in [2.75, 3.05) is 23.3 Å². The summed E-state index contributed by atoms with van der Waals surface area (Å²) in [5, 5.41) is 14.1. The Morgan fingerprint density at radius 2 is 2.00 bits per heavy atom. The van der Waals surface area contributed by atoms with Gasteiger partial charge in [-0.3, -0.25) is 10.1 Å². The maximum Gasteiger partial charge on any atom is 0.405 e. The molecular weight excluding hydrogens is 287 g/mol. The van der Waals surface area contributed by atoms with Gasteiger partial charge in [0.25, 0.3) is 0 Å². The molecule has 0 aromatic heterocycles. The minimum Gasteiger partial charge on any atom is -0.380 e. The van der Waals surface area contributed by atoms with Gasteiger partial charge in [-0.15, -0.1) is 0 Å². The van der Waals surface area contributed by atoms with E-state index in [0.717, 1.165) is 4.90 Å². The lowest BCUT2D eigenvalue weighted by atomic mass is 10.1. The molecule has 21 heavy (non-hydrogen) atoms. The molecule has 0 aliphatic heterocycles. The number of halogens is 3. The minimum absolute atomic E-state index is 0.0363. The first-order chi connectivity index (χ1) is 9.67. The van der Waals surface area contributed by atoms with Gasteiger partial charge in [0, 0.05) is 12.6 Å². The largest absolute Gasteiger partial charge is 0.405 e. The van der Waals surface area contributed by atoms with Gasteiger partial charge in [-0.25, -0.2) is 0 Å². The van der Waals surface area contributed by atoms with Gasteiger partial charge in [-0.05, 0) is 32.9 Å². The van der Waals surface area contributed by atoms with E-state index in [1.54, 1.807) is 20.8 Å². The Morgan fingerprint density at radius 3 is 2.43 bits per heavy atom. The molecule has 1 aromatic rings. The monoisotopic (exact) mass is 305 g/mol. The van der Waals surface area contributed by atoms with E-state index < -0.39 is 23.7 Å². The van der Waals surface area contributed by atoms with Crippen LogP contribution in [0.15, 0.2) is 18.2 Å². The van der Waals surface area contributed by atoms with Crippen LogP contribution in [-0.2, 0) is 0 Å². The molecule has 0 fully saturated rings. The van der Waals surface area contributed by atoms with Gasteiger partial charge in [0.2, 0.25) is 0 Å². The Bertz CT molecular complexity index is 504. The van der Waals surface area contributed by atoms with Crippen molar-refractivity contribution in [3.63, 3.8) is 0 Å². The van der Waals surface area contributed by atoms with Crippen LogP contribution in [0, 0.1) is 10.1 Å². The number of benzene rings is 1. The Hall–Kier alpha value is -1.99. The number of alkyl halides is 3. The fourth-order valence-electron chi connectivity index (χ4n) is 2.03. The van der Waals surface area contributed by atoms with Gasteiger partial charge >= 0.3 is 11.9 Å². The first-order valence-corrected chi connectivity index (χ1v) is 6.52. The molecule has 0 aliphatic carbocycles. The fraction of sp³-hybridized carbons (Fsp3) is 0.538. The highest BCUT2D eigenvalue weighted by molar-refractivity contribution is 5.77. The van der Waals surface area contributed by atoms with Crippen molar-refractivity contribution in [3.8, 4) is 0 Å². The molecule has 1 N–H and O–H groups in total. The molecule has 0 radical (unpaired) electrons. The average Bonchev–Trinajstić information content (AvgIpc) is 2.34. The van der Waals surface area contributed by atoms with E-state index in [2.05, 4.69) is 5.32 Å². The molecule has 0 saturated heterocycles. The van der Waals surface area contributed by atoms with Crippen LogP contribution in [0.2, 0.25) is 0 Å². The molecular formula is C13H18F3N3O2. The van der Waals surface area contributed by atoms with Crippen molar-refractivity contribution in [3.05, 3.63) is 28.3 Å². The van der Waals surface area contributed by atoms with Crippen LogP contribution in [0.25, 0.3) is 0 Å². The van der Waals surface area contributed by atoms with Gasteiger partial charge in [0.1, 0.15) is 17.9 Å². The van der Waals surface area contributed by atoms with E-state index >= 15 is 0 Å². The number of hydrogen-bond donors (Lipinski definition) is 1. The molecule has 1 aromatic carbocycles. The van der Waals surface area contributed by atoms with E-state index in [-0.39, 0.29) is 17.1 Å². The molecule has 0 spiro atoms. The van der Waals surface area contributed by atoms with Gasteiger partial charge in [0.15, 0.2) is 0 Å². The van der Waals surface area contributed by atoms with E-state index in [9.17, 15) is 23.3 Å². The van der Waals surface area contributed by atoms with Crippen LogP contribution >= 0.6 is 0 Å². The van der Waals surface area contributed by atoms with E-state index in [0.29, 0.717) is 6.54 Å². The molecule has 0 unspecified atom stereocenters. The molecule has 1 rings (SSSR count). The third-order valence-electron chi connectivity index (χ3n) is 2.85. The van der Waals surface area contributed by atoms with Crippen molar-refractivity contribution in [1.29, 1.82) is 0 Å². The number of para-hydroxylation sites is 1. The summed E-state index contributed by atoms with van der Waals surface area (Å²) in [5.41, 5.74) is -0.157. The molecule has 0 amide bonds. The number of nitro groups is 1. The Kier molecular flexibility index (Phi) is 5.40. The fourth-order valence-corrected chi connectivity index (χ4v) is 2.03. The molecule has 118 valence electrons. The lowest BCUT2D eigenvalue weighted by Crippen LogP contribution is -2.39. The zero-order valence-electron chi connectivity index (χ0n) is 12.1. The van der Waals surface area contributed by atoms with Gasteiger partial charge in [0.05, 0.1) is 4.92 Å². The van der Waals surface area contributed by atoms with Gasteiger partial charge < -0.3 is 10.2 Å². The highest BCUT2D eigenvalue weighted by atomic mass is 19.4. The second-order valence-corrected chi connectivity index (χ2v) is 4.80. The summed E-state index contributed by atoms with van der Waals surface area (Å²) < 4.78 is 38.1. The lowest BCUT2D eigenvalue weighted by molar-refractivity contribution is -0.383. The summed E-state index contributed by atoms with van der Waals surface area (Å²) in [5.74, 6) is 0. The Morgan fingerprint density at radius 1 is 1.38 bits per heavy atom. The third kappa shape index (κ3) is 4.51. The summed E-state index contributed by atoms with van der Waals surface area (Å²) in [6.45, 7) is 4.09. The van der Waals surface area contributed by atoms with Gasteiger partial charge in [-0.2, -0.15) is 13.2 Å². The SMILES string of the molecule is CCNc1cccc(N(CC(F)(F)F)C(C)C)c1[N+](=O)[O-]. The summed E-state index contributed by atoms with van der Waals surface area (Å²) in [6.07, 6.45) is -4.44. The Labute approximate surface area is 120 Å².